The molecule has 4 N–H and O–H groups in total. The zero-order chi connectivity index (χ0) is 13.2. The molecule has 96 valence electrons. The summed E-state index contributed by atoms with van der Waals surface area (Å²) in [5.74, 6) is -0.935. The van der Waals surface area contributed by atoms with E-state index in [4.69, 9.17) is 20.0 Å². The minimum atomic E-state index is -4.29. The largest absolute Gasteiger partial charge is 0.478 e. The second-order valence-electron chi connectivity index (χ2n) is 2.84. The summed E-state index contributed by atoms with van der Waals surface area (Å²) in [6.45, 7) is 4.61. The second kappa shape index (κ2) is 9.50. The average Bonchev–Trinajstić information content (AvgIpc) is 2.12. The highest BCUT2D eigenvalue weighted by Gasteiger charge is 2.11. The highest BCUT2D eigenvalue weighted by molar-refractivity contribution is 7.46. The van der Waals surface area contributed by atoms with Gasteiger partial charge in [0.05, 0.1) is 6.61 Å². The highest BCUT2D eigenvalue weighted by Crippen LogP contribution is 2.35. The van der Waals surface area contributed by atoms with Crippen LogP contribution >= 0.6 is 7.82 Å². The van der Waals surface area contributed by atoms with Gasteiger partial charge in [0.15, 0.2) is 0 Å². The molecule has 0 heterocycles. The van der Waals surface area contributed by atoms with Crippen LogP contribution in [0.15, 0.2) is 12.2 Å². The van der Waals surface area contributed by atoms with Crippen LogP contribution in [0.2, 0.25) is 0 Å². The molecular formula is C8H17O7P. The molecular weight excluding hydrogens is 239 g/mol. The molecule has 0 aliphatic heterocycles. The van der Waals surface area contributed by atoms with Crippen LogP contribution in [0.25, 0.3) is 0 Å². The molecule has 0 amide bonds. The van der Waals surface area contributed by atoms with Crippen LogP contribution in [0.1, 0.15) is 19.8 Å². The molecule has 0 fully saturated rings. The normalized spacial score (nSPS) is 10.2. The van der Waals surface area contributed by atoms with Gasteiger partial charge in [-0.1, -0.05) is 6.58 Å². The fourth-order valence-electron chi connectivity index (χ4n) is 0.397. The molecule has 0 rings (SSSR count). The van der Waals surface area contributed by atoms with Gasteiger partial charge in [-0.3, -0.25) is 4.52 Å². The zero-order valence-electron chi connectivity index (χ0n) is 9.00. The summed E-state index contributed by atoms with van der Waals surface area (Å²) in [5, 5.41) is 16.1. The first-order valence-electron chi connectivity index (χ1n) is 4.40. The van der Waals surface area contributed by atoms with Crippen LogP contribution in [0.5, 0.6) is 0 Å². The van der Waals surface area contributed by atoms with Crippen molar-refractivity contribution in [2.75, 3.05) is 13.2 Å². The molecule has 7 nitrogen and oxygen atoms in total. The minimum absolute atomic E-state index is 0.00909. The number of hydrogen-bond acceptors (Lipinski definition) is 4. The second-order valence-corrected chi connectivity index (χ2v) is 4.08. The van der Waals surface area contributed by atoms with Crippen molar-refractivity contribution in [3.05, 3.63) is 12.2 Å². The molecule has 0 aliphatic rings. The molecule has 0 aliphatic carbocycles. The van der Waals surface area contributed by atoms with Crippen molar-refractivity contribution in [3.8, 4) is 0 Å². The molecule has 0 radical (unpaired) electrons. The van der Waals surface area contributed by atoms with Gasteiger partial charge in [0.1, 0.15) is 0 Å². The zero-order valence-corrected chi connectivity index (χ0v) is 9.89. The van der Waals surface area contributed by atoms with Gasteiger partial charge in [0, 0.05) is 12.2 Å². The molecule has 0 unspecified atom stereocenters. The van der Waals surface area contributed by atoms with Gasteiger partial charge in [-0.05, 0) is 19.8 Å². The van der Waals surface area contributed by atoms with Gasteiger partial charge in [-0.2, -0.15) is 0 Å². The third-order valence-corrected chi connectivity index (χ3v) is 1.70. The Kier molecular flexibility index (Phi) is 10.5. The number of carboxylic acid groups (broad SMARTS) is 1. The summed E-state index contributed by atoms with van der Waals surface area (Å²) in [6, 6.07) is 0. The maximum Gasteiger partial charge on any atom is 0.469 e. The van der Waals surface area contributed by atoms with Crippen molar-refractivity contribution in [3.63, 3.8) is 0 Å². The Morgan fingerprint density at radius 1 is 1.38 bits per heavy atom. The first-order valence-corrected chi connectivity index (χ1v) is 5.93. The van der Waals surface area contributed by atoms with E-state index in [-0.39, 0.29) is 18.8 Å². The molecule has 16 heavy (non-hydrogen) atoms. The topological polar surface area (TPSA) is 124 Å². The molecule has 8 heteroatoms. The van der Waals surface area contributed by atoms with E-state index in [2.05, 4.69) is 11.1 Å². The fourth-order valence-corrected chi connectivity index (χ4v) is 0.764. The molecule has 0 aromatic rings. The number of phosphoric ester groups is 1. The molecule has 0 saturated heterocycles. The average molecular weight is 256 g/mol. The Morgan fingerprint density at radius 2 is 1.81 bits per heavy atom. The first-order chi connectivity index (χ1) is 7.20. The summed E-state index contributed by atoms with van der Waals surface area (Å²) in [4.78, 5) is 25.9. The fraction of sp³-hybridized carbons (Fsp3) is 0.625. The monoisotopic (exact) mass is 256 g/mol. The van der Waals surface area contributed by atoms with E-state index in [1.54, 1.807) is 0 Å². The van der Waals surface area contributed by atoms with Crippen molar-refractivity contribution in [1.29, 1.82) is 0 Å². The van der Waals surface area contributed by atoms with E-state index in [9.17, 15) is 9.36 Å². The lowest BCUT2D eigenvalue weighted by Gasteiger charge is -2.02. The lowest BCUT2D eigenvalue weighted by molar-refractivity contribution is -0.132. The summed E-state index contributed by atoms with van der Waals surface area (Å²) in [7, 11) is -4.29. The number of rotatable bonds is 6. The summed E-state index contributed by atoms with van der Waals surface area (Å²) in [6.07, 6.45) is 0.960. The number of carbonyl (C=O) groups is 1. The number of hydrogen-bond donors (Lipinski definition) is 4. The van der Waals surface area contributed by atoms with Crippen LogP contribution < -0.4 is 0 Å². The molecule has 0 bridgehead atoms. The van der Waals surface area contributed by atoms with Crippen LogP contribution in [-0.4, -0.2) is 39.2 Å². The smallest absolute Gasteiger partial charge is 0.469 e. The molecule has 0 spiro atoms. The number of aliphatic carboxylic acids is 1. The Balaban J connectivity index is 0. The highest BCUT2D eigenvalue weighted by atomic mass is 31.2. The van der Waals surface area contributed by atoms with E-state index in [0.29, 0.717) is 12.8 Å². The Labute approximate surface area is 93.6 Å². The Morgan fingerprint density at radius 3 is 2.06 bits per heavy atom. The SMILES string of the molecule is C=C(C)C(=O)O.O=P(O)(O)OCCCCO. The van der Waals surface area contributed by atoms with E-state index in [1.807, 2.05) is 0 Å². The van der Waals surface area contributed by atoms with Crippen molar-refractivity contribution in [1.82, 2.24) is 0 Å². The molecule has 0 aromatic carbocycles. The summed E-state index contributed by atoms with van der Waals surface area (Å²) in [5.41, 5.74) is 0.176. The summed E-state index contributed by atoms with van der Waals surface area (Å²) < 4.78 is 14.1. The van der Waals surface area contributed by atoms with Gasteiger partial charge in [0.25, 0.3) is 0 Å². The van der Waals surface area contributed by atoms with E-state index < -0.39 is 13.8 Å². The van der Waals surface area contributed by atoms with Crippen molar-refractivity contribution < 1.29 is 33.9 Å². The Bertz CT molecular complexity index is 245. The lowest BCUT2D eigenvalue weighted by Crippen LogP contribution is -1.93. The molecule has 0 aromatic heterocycles. The standard InChI is InChI=1S/C4H11O5P.C4H6O2/c5-3-1-2-4-9-10(6,7)8;1-3(2)4(5)6/h5H,1-4H2,(H2,6,7,8);1H2,2H3,(H,5,6). The van der Waals surface area contributed by atoms with Crippen molar-refractivity contribution >= 4 is 13.8 Å². The Hall–Kier alpha value is -0.720. The van der Waals surface area contributed by atoms with Crippen LogP contribution in [-0.2, 0) is 13.9 Å². The van der Waals surface area contributed by atoms with E-state index >= 15 is 0 Å². The van der Waals surface area contributed by atoms with Gasteiger partial charge in [0.2, 0.25) is 0 Å². The van der Waals surface area contributed by atoms with Crippen LogP contribution in [0.3, 0.4) is 0 Å². The molecule has 0 saturated carbocycles. The maximum absolute atomic E-state index is 10.0. The van der Waals surface area contributed by atoms with Gasteiger partial charge in [-0.15, -0.1) is 0 Å². The quantitative estimate of drug-likeness (QED) is 0.310. The van der Waals surface area contributed by atoms with Gasteiger partial charge < -0.3 is 20.0 Å². The predicted octanol–water partition coefficient (Wildman–Crippen LogP) is 0.515. The van der Waals surface area contributed by atoms with Gasteiger partial charge >= 0.3 is 13.8 Å². The lowest BCUT2D eigenvalue weighted by atomic mass is 10.3. The minimum Gasteiger partial charge on any atom is -0.478 e. The number of phosphoric acid groups is 1. The predicted molar refractivity (Wildman–Crippen MR) is 56.8 cm³/mol. The number of aliphatic hydroxyl groups is 1. The number of carboxylic acids is 1. The van der Waals surface area contributed by atoms with E-state index in [1.165, 1.54) is 6.92 Å². The summed E-state index contributed by atoms with van der Waals surface area (Å²) >= 11 is 0. The van der Waals surface area contributed by atoms with E-state index in [0.717, 1.165) is 0 Å². The van der Waals surface area contributed by atoms with Crippen molar-refractivity contribution in [2.24, 2.45) is 0 Å². The molecule has 0 atom stereocenters. The van der Waals surface area contributed by atoms with Crippen LogP contribution in [0.4, 0.5) is 0 Å². The maximum atomic E-state index is 10.0. The number of unbranched alkanes of at least 4 members (excludes halogenated alkanes) is 1. The first kappa shape index (κ1) is 17.7. The third kappa shape index (κ3) is 18.9. The van der Waals surface area contributed by atoms with Crippen LogP contribution in [0, 0.1) is 0 Å². The third-order valence-electron chi connectivity index (χ3n) is 1.18. The van der Waals surface area contributed by atoms with Gasteiger partial charge in [-0.25, -0.2) is 9.36 Å². The van der Waals surface area contributed by atoms with Crippen molar-refractivity contribution in [2.45, 2.75) is 19.8 Å². The number of aliphatic hydroxyl groups excluding tert-OH is 1.